The second-order valence-corrected chi connectivity index (χ2v) is 10.6. The molecule has 0 bridgehead atoms. The summed E-state index contributed by atoms with van der Waals surface area (Å²) in [6.45, 7) is 4.35. The number of hydrogen-bond acceptors (Lipinski definition) is 4. The van der Waals surface area contributed by atoms with E-state index in [2.05, 4.69) is 39.8 Å². The van der Waals surface area contributed by atoms with Crippen molar-refractivity contribution in [3.63, 3.8) is 0 Å². The molecule has 7 nitrogen and oxygen atoms in total. The number of benzene rings is 3. The Labute approximate surface area is 227 Å². The summed E-state index contributed by atoms with van der Waals surface area (Å²) >= 11 is 6.75. The maximum absolute atomic E-state index is 13.5. The van der Waals surface area contributed by atoms with E-state index in [9.17, 15) is 9.59 Å². The molecule has 6 rings (SSSR count). The van der Waals surface area contributed by atoms with E-state index in [4.69, 9.17) is 16.6 Å². The Morgan fingerprint density at radius 1 is 0.816 bits per heavy atom. The van der Waals surface area contributed by atoms with E-state index in [0.717, 1.165) is 29.1 Å². The van der Waals surface area contributed by atoms with Crippen molar-refractivity contribution < 1.29 is 9.59 Å². The Hall–Kier alpha value is -3.68. The van der Waals surface area contributed by atoms with Gasteiger partial charge in [0.25, 0.3) is 11.8 Å². The van der Waals surface area contributed by atoms with Crippen molar-refractivity contribution >= 4 is 40.1 Å². The second-order valence-electron chi connectivity index (χ2n) is 10.0. The minimum atomic E-state index is -1.53. The van der Waals surface area contributed by atoms with Crippen LogP contribution in [0.3, 0.4) is 0 Å². The molecular weight excluding hydrogens is 498 g/mol. The Morgan fingerprint density at radius 2 is 1.47 bits per heavy atom. The predicted molar refractivity (Wildman–Crippen MR) is 149 cm³/mol. The Morgan fingerprint density at radius 3 is 2.21 bits per heavy atom. The van der Waals surface area contributed by atoms with Gasteiger partial charge in [-0.2, -0.15) is 0 Å². The van der Waals surface area contributed by atoms with Crippen molar-refractivity contribution in [3.05, 3.63) is 96.3 Å². The first-order valence-electron chi connectivity index (χ1n) is 13.1. The fourth-order valence-corrected chi connectivity index (χ4v) is 5.80. The summed E-state index contributed by atoms with van der Waals surface area (Å²) in [5.41, 5.74) is 4.10. The van der Waals surface area contributed by atoms with E-state index in [0.29, 0.717) is 45.7 Å². The number of piperazine rings is 1. The number of imidazole rings is 1. The number of fused-ring (bicyclic) bond motifs is 1. The van der Waals surface area contributed by atoms with Crippen molar-refractivity contribution in [2.45, 2.75) is 24.4 Å². The number of hydrogen-bond donors (Lipinski definition) is 0. The van der Waals surface area contributed by atoms with Crippen LogP contribution in [0, 0.1) is 0 Å². The summed E-state index contributed by atoms with van der Waals surface area (Å²) in [6, 6.07) is 28.0. The first kappa shape index (κ1) is 24.6. The van der Waals surface area contributed by atoms with Crippen molar-refractivity contribution in [2.75, 3.05) is 37.6 Å². The minimum absolute atomic E-state index is 0.279. The topological polar surface area (TPSA) is 61.7 Å². The number of halogens is 1. The summed E-state index contributed by atoms with van der Waals surface area (Å²) in [6.07, 6.45) is 0.310. The molecule has 38 heavy (non-hydrogen) atoms. The lowest BCUT2D eigenvalue weighted by molar-refractivity contribution is -0.139. The fraction of sp³-hybridized carbons (Fsp3) is 0.300. The van der Waals surface area contributed by atoms with Gasteiger partial charge in [-0.25, -0.2) is 4.98 Å². The molecule has 1 aromatic heterocycles. The van der Waals surface area contributed by atoms with Crippen molar-refractivity contribution in [1.29, 1.82) is 0 Å². The highest BCUT2D eigenvalue weighted by Crippen LogP contribution is 2.35. The van der Waals surface area contributed by atoms with Gasteiger partial charge in [0.05, 0.1) is 17.6 Å². The molecular formula is C30H30ClN5O2. The molecule has 2 aliphatic rings. The van der Waals surface area contributed by atoms with Crippen LogP contribution >= 0.6 is 11.6 Å². The third-order valence-electron chi connectivity index (χ3n) is 7.61. The van der Waals surface area contributed by atoms with Gasteiger partial charge in [0.1, 0.15) is 5.82 Å². The normalized spacial score (nSPS) is 20.4. The van der Waals surface area contributed by atoms with Crippen molar-refractivity contribution in [2.24, 2.45) is 0 Å². The van der Waals surface area contributed by atoms with Gasteiger partial charge in [-0.1, -0.05) is 72.3 Å². The zero-order chi connectivity index (χ0) is 26.1. The maximum atomic E-state index is 13.5. The number of nitrogens with zero attached hydrogens (tertiary/aromatic N) is 5. The van der Waals surface area contributed by atoms with E-state index < -0.39 is 4.87 Å². The van der Waals surface area contributed by atoms with Crippen LogP contribution in [0.25, 0.3) is 11.0 Å². The number of carbonyl (C=O) groups excluding carboxylic acids is 2. The zero-order valence-corrected chi connectivity index (χ0v) is 21.9. The van der Waals surface area contributed by atoms with Crippen LogP contribution in [-0.2, 0) is 22.7 Å². The molecule has 2 amide bonds. The molecule has 0 radical (unpaired) electrons. The molecule has 1 unspecified atom stereocenters. The van der Waals surface area contributed by atoms with Gasteiger partial charge >= 0.3 is 0 Å². The largest absolute Gasteiger partial charge is 0.338 e. The first-order chi connectivity index (χ1) is 18.5. The molecule has 3 heterocycles. The Kier molecular flexibility index (Phi) is 6.64. The quantitative estimate of drug-likeness (QED) is 0.279. The Balaban J connectivity index is 1.13. The van der Waals surface area contributed by atoms with E-state index in [1.807, 2.05) is 54.6 Å². The third-order valence-corrected chi connectivity index (χ3v) is 8.12. The molecule has 3 aromatic carbocycles. The standard InChI is InChI=1S/C30H30ClN5O2/c31-30(15-16-35(29(30)38)24-11-5-2-6-12-24)28(37)34-19-17-33(18-20-34)22-27-32-25-13-7-8-14-26(25)36(27)21-23-9-3-1-4-10-23/h1-14H,15-22H2. The van der Waals surface area contributed by atoms with E-state index in [-0.39, 0.29) is 11.8 Å². The highest BCUT2D eigenvalue weighted by atomic mass is 35.5. The van der Waals surface area contributed by atoms with Crippen LogP contribution in [0.1, 0.15) is 17.8 Å². The van der Waals surface area contributed by atoms with E-state index in [1.165, 1.54) is 5.56 Å². The molecule has 0 N–H and O–H groups in total. The predicted octanol–water partition coefficient (Wildman–Crippen LogP) is 4.14. The third kappa shape index (κ3) is 4.57. The molecule has 2 aliphatic heterocycles. The fourth-order valence-electron chi connectivity index (χ4n) is 5.49. The number of aromatic nitrogens is 2. The molecule has 2 fully saturated rings. The van der Waals surface area contributed by atoms with Crippen LogP contribution in [0.15, 0.2) is 84.9 Å². The van der Waals surface area contributed by atoms with E-state index >= 15 is 0 Å². The first-order valence-corrected chi connectivity index (χ1v) is 13.5. The summed E-state index contributed by atoms with van der Waals surface area (Å²) in [5, 5.41) is 0. The maximum Gasteiger partial charge on any atom is 0.257 e. The highest BCUT2D eigenvalue weighted by molar-refractivity contribution is 6.48. The molecule has 8 heteroatoms. The average Bonchev–Trinajstić information content (AvgIpc) is 3.46. The van der Waals surface area contributed by atoms with Gasteiger partial charge in [-0.05, 0) is 29.8 Å². The second kappa shape index (κ2) is 10.2. The van der Waals surface area contributed by atoms with Gasteiger partial charge in [-0.3, -0.25) is 14.5 Å². The highest BCUT2D eigenvalue weighted by Gasteiger charge is 2.53. The molecule has 4 aromatic rings. The molecule has 194 valence electrons. The molecule has 0 spiro atoms. The smallest absolute Gasteiger partial charge is 0.257 e. The summed E-state index contributed by atoms with van der Waals surface area (Å²) in [7, 11) is 0. The minimum Gasteiger partial charge on any atom is -0.338 e. The zero-order valence-electron chi connectivity index (χ0n) is 21.2. The van der Waals surface area contributed by atoms with Gasteiger partial charge in [0.2, 0.25) is 4.87 Å². The number of alkyl halides is 1. The molecule has 1 atom stereocenters. The van der Waals surface area contributed by atoms with Gasteiger partial charge in [-0.15, -0.1) is 0 Å². The van der Waals surface area contributed by atoms with Crippen LogP contribution in [0.5, 0.6) is 0 Å². The average molecular weight is 528 g/mol. The number of rotatable bonds is 6. The van der Waals surface area contributed by atoms with Crippen LogP contribution in [0.2, 0.25) is 0 Å². The van der Waals surface area contributed by atoms with Crippen LogP contribution in [0.4, 0.5) is 5.69 Å². The lowest BCUT2D eigenvalue weighted by atomic mass is 10.0. The van der Waals surface area contributed by atoms with Crippen molar-refractivity contribution in [3.8, 4) is 0 Å². The molecule has 0 saturated carbocycles. The number of anilines is 1. The van der Waals surface area contributed by atoms with Crippen molar-refractivity contribution in [1.82, 2.24) is 19.4 Å². The summed E-state index contributed by atoms with van der Waals surface area (Å²) < 4.78 is 2.28. The van der Waals surface area contributed by atoms with E-state index in [1.54, 1.807) is 9.80 Å². The SMILES string of the molecule is O=C(N1CCN(Cc2nc3ccccc3n2Cc2ccccc2)CC1)C1(Cl)CCN(c2ccccc2)C1=O. The van der Waals surface area contributed by atoms with Gasteiger partial charge in [0, 0.05) is 51.4 Å². The monoisotopic (exact) mass is 527 g/mol. The number of para-hydroxylation sites is 3. The number of amides is 2. The lowest BCUT2D eigenvalue weighted by Gasteiger charge is -2.37. The number of carbonyl (C=O) groups is 2. The summed E-state index contributed by atoms with van der Waals surface area (Å²) in [4.78, 5) is 35.8. The lowest BCUT2D eigenvalue weighted by Crippen LogP contribution is -2.56. The summed E-state index contributed by atoms with van der Waals surface area (Å²) in [5.74, 6) is 0.402. The Bertz CT molecular complexity index is 1450. The van der Waals surface area contributed by atoms with Crippen LogP contribution in [-0.4, -0.2) is 68.8 Å². The van der Waals surface area contributed by atoms with Gasteiger partial charge < -0.3 is 14.4 Å². The van der Waals surface area contributed by atoms with Gasteiger partial charge in [0.15, 0.2) is 0 Å². The molecule has 0 aliphatic carbocycles. The van der Waals surface area contributed by atoms with Crippen LogP contribution < -0.4 is 4.90 Å². The molecule has 2 saturated heterocycles.